The summed E-state index contributed by atoms with van der Waals surface area (Å²) in [5.41, 5.74) is 0.162. The molecule has 1 saturated carbocycles. The Labute approximate surface area is 220 Å². The van der Waals surface area contributed by atoms with Crippen LogP contribution in [-0.2, 0) is 11.6 Å². The highest BCUT2D eigenvalue weighted by atomic mass is 35.5. The van der Waals surface area contributed by atoms with Gasteiger partial charge in [0.15, 0.2) is 11.5 Å². The third-order valence-corrected chi connectivity index (χ3v) is 8.12. The molecule has 0 aromatic heterocycles. The lowest BCUT2D eigenvalue weighted by Crippen LogP contribution is -2.54. The Balaban J connectivity index is 1.52. The average Bonchev–Trinajstić information content (AvgIpc) is 3.24. The number of likely N-dealkylation sites (tertiary alicyclic amines) is 1. The van der Waals surface area contributed by atoms with E-state index in [0.717, 1.165) is 44.4 Å². The van der Waals surface area contributed by atoms with Crippen LogP contribution < -0.4 is 20.1 Å². The summed E-state index contributed by atoms with van der Waals surface area (Å²) < 4.78 is 50.6. The Morgan fingerprint density at radius 2 is 1.84 bits per heavy atom. The molecular formula is C27H33ClF3N3O3. The van der Waals surface area contributed by atoms with E-state index >= 15 is 0 Å². The molecule has 1 heterocycles. The van der Waals surface area contributed by atoms with Gasteiger partial charge in [0.05, 0.1) is 24.8 Å². The molecule has 37 heavy (non-hydrogen) atoms. The van der Waals surface area contributed by atoms with Gasteiger partial charge in [0, 0.05) is 29.2 Å². The predicted octanol–water partition coefficient (Wildman–Crippen LogP) is 6.47. The van der Waals surface area contributed by atoms with Crippen molar-refractivity contribution in [2.75, 3.05) is 26.1 Å². The van der Waals surface area contributed by atoms with Crippen LogP contribution in [0.4, 0.5) is 23.7 Å². The average molecular weight is 540 g/mol. The van der Waals surface area contributed by atoms with Crippen LogP contribution in [0.1, 0.15) is 50.7 Å². The van der Waals surface area contributed by atoms with Crippen LogP contribution in [0.5, 0.6) is 11.5 Å². The van der Waals surface area contributed by atoms with Gasteiger partial charge in [0.2, 0.25) is 0 Å². The van der Waals surface area contributed by atoms with Crippen LogP contribution in [-0.4, -0.2) is 49.8 Å². The molecule has 1 saturated heterocycles. The van der Waals surface area contributed by atoms with Gasteiger partial charge in [0.1, 0.15) is 0 Å². The predicted molar refractivity (Wildman–Crippen MR) is 138 cm³/mol. The van der Waals surface area contributed by atoms with Crippen molar-refractivity contribution < 1.29 is 27.4 Å². The van der Waals surface area contributed by atoms with Crippen LogP contribution >= 0.6 is 11.6 Å². The minimum Gasteiger partial charge on any atom is -0.493 e. The normalized spacial score (nSPS) is 24.0. The number of ether oxygens (including phenoxy) is 2. The van der Waals surface area contributed by atoms with Crippen molar-refractivity contribution in [3.8, 4) is 11.5 Å². The minimum atomic E-state index is -4.61. The second kappa shape index (κ2) is 10.6. The number of fused-ring (bicyclic) bond motifs is 1. The largest absolute Gasteiger partial charge is 0.493 e. The van der Waals surface area contributed by atoms with E-state index in [0.29, 0.717) is 17.5 Å². The monoisotopic (exact) mass is 539 g/mol. The van der Waals surface area contributed by atoms with E-state index in [1.54, 1.807) is 14.2 Å². The van der Waals surface area contributed by atoms with Gasteiger partial charge in [-0.2, -0.15) is 13.2 Å². The zero-order valence-electron chi connectivity index (χ0n) is 21.4. The van der Waals surface area contributed by atoms with Crippen molar-refractivity contribution in [1.29, 1.82) is 0 Å². The van der Waals surface area contributed by atoms with E-state index in [2.05, 4.69) is 41.5 Å². The highest BCUT2D eigenvalue weighted by Crippen LogP contribution is 2.51. The van der Waals surface area contributed by atoms with Crippen molar-refractivity contribution in [3.05, 3.63) is 52.5 Å². The van der Waals surface area contributed by atoms with Gasteiger partial charge < -0.3 is 20.1 Å². The van der Waals surface area contributed by atoms with Crippen molar-refractivity contribution >= 4 is 23.3 Å². The number of rotatable bonds is 6. The highest BCUT2D eigenvalue weighted by molar-refractivity contribution is 6.31. The third kappa shape index (κ3) is 5.48. The maximum absolute atomic E-state index is 13.2. The lowest BCUT2D eigenvalue weighted by atomic mass is 9.65. The maximum atomic E-state index is 13.2. The molecule has 1 aliphatic carbocycles. The molecule has 1 aliphatic heterocycles. The van der Waals surface area contributed by atoms with Gasteiger partial charge in [0.25, 0.3) is 0 Å². The van der Waals surface area contributed by atoms with Crippen LogP contribution in [0.3, 0.4) is 0 Å². The minimum absolute atomic E-state index is 0.0365. The number of nitrogens with zero attached hydrogens (tertiary/aromatic N) is 1. The summed E-state index contributed by atoms with van der Waals surface area (Å²) in [6, 6.07) is 9.33. The Morgan fingerprint density at radius 1 is 1.11 bits per heavy atom. The van der Waals surface area contributed by atoms with E-state index in [1.807, 2.05) is 6.07 Å². The molecule has 0 radical (unpaired) electrons. The summed E-state index contributed by atoms with van der Waals surface area (Å²) in [5.74, 6) is 1.37. The maximum Gasteiger partial charge on any atom is 0.417 e. The fraction of sp³-hybridized carbons (Fsp3) is 0.519. The number of carbonyl (C=O) groups excluding carboxylic acids is 1. The first kappa shape index (κ1) is 27.4. The molecule has 2 aromatic carbocycles. The van der Waals surface area contributed by atoms with Gasteiger partial charge in [-0.25, -0.2) is 4.79 Å². The molecule has 2 N–H and O–H groups in total. The summed E-state index contributed by atoms with van der Waals surface area (Å²) in [5, 5.41) is 5.11. The van der Waals surface area contributed by atoms with E-state index in [4.69, 9.17) is 21.1 Å². The van der Waals surface area contributed by atoms with Gasteiger partial charge in [-0.3, -0.25) is 4.90 Å². The van der Waals surface area contributed by atoms with Crippen molar-refractivity contribution in [3.63, 3.8) is 0 Å². The van der Waals surface area contributed by atoms with Crippen LogP contribution in [0.15, 0.2) is 36.4 Å². The first-order valence-corrected chi connectivity index (χ1v) is 12.8. The number of alkyl halides is 3. The third-order valence-electron chi connectivity index (χ3n) is 7.79. The lowest BCUT2D eigenvalue weighted by Gasteiger charge is -2.46. The number of methoxy groups -OCH3 is 2. The molecular weight excluding hydrogens is 507 g/mol. The molecule has 10 heteroatoms. The zero-order valence-corrected chi connectivity index (χ0v) is 22.2. The Bertz CT molecular complexity index is 1140. The van der Waals surface area contributed by atoms with Crippen LogP contribution in [0.25, 0.3) is 0 Å². The smallest absolute Gasteiger partial charge is 0.417 e. The van der Waals surface area contributed by atoms with Gasteiger partial charge >= 0.3 is 12.2 Å². The summed E-state index contributed by atoms with van der Waals surface area (Å²) in [7, 11) is 3.24. The zero-order chi connectivity index (χ0) is 27.0. The first-order chi connectivity index (χ1) is 17.5. The summed E-state index contributed by atoms with van der Waals surface area (Å²) >= 11 is 5.70. The molecule has 6 nitrogen and oxygen atoms in total. The highest BCUT2D eigenvalue weighted by Gasteiger charge is 2.52. The molecule has 2 aromatic rings. The molecule has 2 amide bonds. The molecule has 0 spiro atoms. The second-order valence-electron chi connectivity index (χ2n) is 10.1. The summed E-state index contributed by atoms with van der Waals surface area (Å²) in [4.78, 5) is 15.2. The van der Waals surface area contributed by atoms with Gasteiger partial charge in [-0.15, -0.1) is 0 Å². The summed E-state index contributed by atoms with van der Waals surface area (Å²) in [6.45, 7) is 5.29. The topological polar surface area (TPSA) is 62.8 Å². The lowest BCUT2D eigenvalue weighted by molar-refractivity contribution is -0.137. The molecule has 3 unspecified atom stereocenters. The molecule has 3 atom stereocenters. The van der Waals surface area contributed by atoms with Gasteiger partial charge in [-0.1, -0.05) is 17.7 Å². The van der Waals surface area contributed by atoms with Crippen LogP contribution in [0, 0.1) is 0 Å². The van der Waals surface area contributed by atoms with Crippen molar-refractivity contribution in [2.45, 2.75) is 69.2 Å². The number of hydrogen-bond acceptors (Lipinski definition) is 4. The number of hydrogen-bond donors (Lipinski definition) is 2. The first-order valence-electron chi connectivity index (χ1n) is 12.4. The number of urea groups is 1. The van der Waals surface area contributed by atoms with Crippen LogP contribution in [0.2, 0.25) is 5.02 Å². The summed E-state index contributed by atoms with van der Waals surface area (Å²) in [6.07, 6.45) is -1.27. The van der Waals surface area contributed by atoms with E-state index in [9.17, 15) is 18.0 Å². The molecule has 202 valence electrons. The fourth-order valence-electron chi connectivity index (χ4n) is 5.99. The fourth-order valence-corrected chi connectivity index (χ4v) is 6.21. The Kier molecular flexibility index (Phi) is 7.85. The number of halogens is 4. The second-order valence-corrected chi connectivity index (χ2v) is 10.5. The Hall–Kier alpha value is -2.65. The number of benzene rings is 2. The standard InChI is InChI=1S/C27H33ClF3N3O3/c1-16(2)34-12-11-26(17-5-8-22(36-3)23(13-17)37-4)10-9-19(15-24(26)34)33-25(35)32-18-6-7-21(28)20(14-18)27(29,30)31/h5-8,13-14,16,19,24H,9-12,15H2,1-4H3,(H2,32,33,35). The van der Waals surface area contributed by atoms with Crippen molar-refractivity contribution in [2.24, 2.45) is 0 Å². The van der Waals surface area contributed by atoms with E-state index < -0.39 is 22.8 Å². The SMILES string of the molecule is COc1ccc(C23CCC(NC(=O)Nc4ccc(Cl)c(C(F)(F)F)c4)CC2N(C(C)C)CC3)cc1OC. The van der Waals surface area contributed by atoms with Crippen molar-refractivity contribution in [1.82, 2.24) is 10.2 Å². The van der Waals surface area contributed by atoms with E-state index in [1.165, 1.54) is 11.6 Å². The molecule has 2 aliphatic rings. The quantitative estimate of drug-likeness (QED) is 0.441. The number of nitrogens with one attached hydrogen (secondary N) is 2. The van der Waals surface area contributed by atoms with Gasteiger partial charge in [-0.05, 0) is 82.0 Å². The molecule has 4 rings (SSSR count). The molecule has 0 bridgehead atoms. The number of anilines is 1. The van der Waals surface area contributed by atoms with E-state index in [-0.39, 0.29) is 23.2 Å². The Morgan fingerprint density at radius 3 is 2.49 bits per heavy atom. The molecule has 2 fully saturated rings. The number of carbonyl (C=O) groups is 1. The number of amides is 2.